The van der Waals surface area contributed by atoms with Gasteiger partial charge in [0.2, 0.25) is 5.91 Å². The zero-order chi connectivity index (χ0) is 12.4. The summed E-state index contributed by atoms with van der Waals surface area (Å²) in [6, 6.07) is 1.93. The van der Waals surface area contributed by atoms with Crippen molar-refractivity contribution in [1.82, 2.24) is 14.7 Å². The third-order valence-electron chi connectivity index (χ3n) is 3.44. The largest absolute Gasteiger partial charge is 0.341 e. The van der Waals surface area contributed by atoms with Crippen molar-refractivity contribution in [3.8, 4) is 0 Å². The molecule has 0 radical (unpaired) electrons. The molecule has 1 saturated heterocycles. The summed E-state index contributed by atoms with van der Waals surface area (Å²) in [5.74, 6) is 1.41. The predicted molar refractivity (Wildman–Crippen MR) is 66.5 cm³/mol. The first kappa shape index (κ1) is 12.1. The standard InChI is InChI=1S/C13H21N3O/c1-10-6-11(2)8-15(7-10)13(17)9-16-12(3)4-5-14-16/h4-5,10-11H,6-9H2,1-3H3/t10-,11+. The Morgan fingerprint density at radius 1 is 1.41 bits per heavy atom. The molecular formula is C13H21N3O. The van der Waals surface area contributed by atoms with Gasteiger partial charge in [0, 0.05) is 25.0 Å². The third kappa shape index (κ3) is 2.87. The van der Waals surface area contributed by atoms with Gasteiger partial charge in [0.1, 0.15) is 6.54 Å². The second kappa shape index (κ2) is 4.90. The summed E-state index contributed by atoms with van der Waals surface area (Å²) < 4.78 is 1.77. The van der Waals surface area contributed by atoms with E-state index >= 15 is 0 Å². The van der Waals surface area contributed by atoms with E-state index in [0.717, 1.165) is 18.8 Å². The number of amides is 1. The minimum atomic E-state index is 0.190. The molecule has 0 aliphatic carbocycles. The molecule has 2 heterocycles. The number of carbonyl (C=O) groups excluding carboxylic acids is 1. The molecule has 1 fully saturated rings. The van der Waals surface area contributed by atoms with Crippen LogP contribution in [-0.4, -0.2) is 33.7 Å². The average molecular weight is 235 g/mol. The molecule has 4 heteroatoms. The number of nitrogens with zero attached hydrogens (tertiary/aromatic N) is 3. The van der Waals surface area contributed by atoms with Gasteiger partial charge >= 0.3 is 0 Å². The van der Waals surface area contributed by atoms with Gasteiger partial charge in [0.25, 0.3) is 0 Å². The van der Waals surface area contributed by atoms with E-state index in [1.165, 1.54) is 6.42 Å². The van der Waals surface area contributed by atoms with Gasteiger partial charge in [-0.3, -0.25) is 9.48 Å². The smallest absolute Gasteiger partial charge is 0.244 e. The van der Waals surface area contributed by atoms with E-state index in [-0.39, 0.29) is 5.91 Å². The molecule has 1 aromatic rings. The third-order valence-corrected chi connectivity index (χ3v) is 3.44. The maximum absolute atomic E-state index is 12.2. The number of hydrogen-bond acceptors (Lipinski definition) is 2. The Morgan fingerprint density at radius 3 is 2.59 bits per heavy atom. The SMILES string of the molecule is Cc1ccnn1CC(=O)N1C[C@H](C)C[C@H](C)C1. The molecule has 1 aliphatic heterocycles. The molecule has 17 heavy (non-hydrogen) atoms. The maximum Gasteiger partial charge on any atom is 0.244 e. The first-order valence-electron chi connectivity index (χ1n) is 6.32. The van der Waals surface area contributed by atoms with Gasteiger partial charge in [0.05, 0.1) is 0 Å². The molecule has 1 aliphatic rings. The van der Waals surface area contributed by atoms with E-state index in [2.05, 4.69) is 18.9 Å². The Kier molecular flexibility index (Phi) is 3.50. The van der Waals surface area contributed by atoms with E-state index in [9.17, 15) is 4.79 Å². The van der Waals surface area contributed by atoms with Crippen LogP contribution in [0.1, 0.15) is 26.0 Å². The number of rotatable bonds is 2. The van der Waals surface area contributed by atoms with Crippen LogP contribution in [0.2, 0.25) is 0 Å². The molecule has 0 unspecified atom stereocenters. The first-order chi connectivity index (χ1) is 8.06. The number of aromatic nitrogens is 2. The summed E-state index contributed by atoms with van der Waals surface area (Å²) in [7, 11) is 0. The Balaban J connectivity index is 1.98. The van der Waals surface area contributed by atoms with Crippen LogP contribution in [0, 0.1) is 18.8 Å². The summed E-state index contributed by atoms with van der Waals surface area (Å²) in [6.07, 6.45) is 2.97. The van der Waals surface area contributed by atoms with E-state index in [4.69, 9.17) is 0 Å². The Labute approximate surface area is 103 Å². The fourth-order valence-corrected chi connectivity index (χ4v) is 2.66. The van der Waals surface area contributed by atoms with Gasteiger partial charge in [-0.1, -0.05) is 13.8 Å². The Hall–Kier alpha value is -1.32. The molecule has 0 spiro atoms. The second-order valence-corrected chi connectivity index (χ2v) is 5.38. The highest BCUT2D eigenvalue weighted by atomic mass is 16.2. The molecule has 4 nitrogen and oxygen atoms in total. The van der Waals surface area contributed by atoms with Crippen molar-refractivity contribution in [3.63, 3.8) is 0 Å². The quantitative estimate of drug-likeness (QED) is 0.782. The minimum absolute atomic E-state index is 0.190. The van der Waals surface area contributed by atoms with Gasteiger partial charge in [-0.05, 0) is 31.2 Å². The van der Waals surface area contributed by atoms with E-state index in [0.29, 0.717) is 18.4 Å². The van der Waals surface area contributed by atoms with E-state index in [1.807, 2.05) is 17.9 Å². The lowest BCUT2D eigenvalue weighted by Gasteiger charge is -2.35. The molecule has 0 saturated carbocycles. The molecule has 0 N–H and O–H groups in total. The van der Waals surface area contributed by atoms with Gasteiger partial charge in [-0.15, -0.1) is 0 Å². The number of aryl methyl sites for hydroxylation is 1. The van der Waals surface area contributed by atoms with Crippen LogP contribution in [0.4, 0.5) is 0 Å². The van der Waals surface area contributed by atoms with E-state index < -0.39 is 0 Å². The van der Waals surface area contributed by atoms with Crippen molar-refractivity contribution in [1.29, 1.82) is 0 Å². The van der Waals surface area contributed by atoms with Gasteiger partial charge < -0.3 is 4.90 Å². The van der Waals surface area contributed by atoms with Crippen LogP contribution < -0.4 is 0 Å². The summed E-state index contributed by atoms with van der Waals surface area (Å²) in [5.41, 5.74) is 1.04. The van der Waals surface area contributed by atoms with Crippen LogP contribution in [0.25, 0.3) is 0 Å². The summed E-state index contributed by atoms with van der Waals surface area (Å²) >= 11 is 0. The second-order valence-electron chi connectivity index (χ2n) is 5.38. The van der Waals surface area contributed by atoms with Crippen LogP contribution >= 0.6 is 0 Å². The fraction of sp³-hybridized carbons (Fsp3) is 0.692. The fourth-order valence-electron chi connectivity index (χ4n) is 2.66. The summed E-state index contributed by atoms with van der Waals surface area (Å²) in [5, 5.41) is 4.16. The molecule has 1 amide bonds. The first-order valence-corrected chi connectivity index (χ1v) is 6.32. The molecule has 2 atom stereocenters. The lowest BCUT2D eigenvalue weighted by atomic mass is 9.92. The van der Waals surface area contributed by atoms with Gasteiger partial charge in [-0.25, -0.2) is 0 Å². The van der Waals surface area contributed by atoms with Gasteiger partial charge in [0.15, 0.2) is 0 Å². The van der Waals surface area contributed by atoms with E-state index in [1.54, 1.807) is 10.9 Å². The number of hydrogen-bond donors (Lipinski definition) is 0. The van der Waals surface area contributed by atoms with Crippen molar-refractivity contribution in [2.75, 3.05) is 13.1 Å². The number of carbonyl (C=O) groups is 1. The highest BCUT2D eigenvalue weighted by molar-refractivity contribution is 5.76. The molecule has 1 aromatic heterocycles. The van der Waals surface area contributed by atoms with Crippen LogP contribution in [-0.2, 0) is 11.3 Å². The monoisotopic (exact) mass is 235 g/mol. The zero-order valence-corrected chi connectivity index (χ0v) is 10.9. The van der Waals surface area contributed by atoms with Crippen molar-refractivity contribution in [2.45, 2.75) is 33.7 Å². The Morgan fingerprint density at radius 2 is 2.06 bits per heavy atom. The van der Waals surface area contributed by atoms with Crippen molar-refractivity contribution < 1.29 is 4.79 Å². The molecular weight excluding hydrogens is 214 g/mol. The maximum atomic E-state index is 12.2. The van der Waals surface area contributed by atoms with Crippen molar-refractivity contribution in [3.05, 3.63) is 18.0 Å². The molecule has 0 aromatic carbocycles. The normalized spacial score (nSPS) is 25.0. The van der Waals surface area contributed by atoms with Crippen LogP contribution in [0.5, 0.6) is 0 Å². The van der Waals surface area contributed by atoms with Crippen molar-refractivity contribution in [2.24, 2.45) is 11.8 Å². The lowest BCUT2D eigenvalue weighted by molar-refractivity contribution is -0.134. The minimum Gasteiger partial charge on any atom is -0.341 e. The summed E-state index contributed by atoms with van der Waals surface area (Å²) in [4.78, 5) is 14.2. The highest BCUT2D eigenvalue weighted by Gasteiger charge is 2.25. The lowest BCUT2D eigenvalue weighted by Crippen LogP contribution is -2.44. The highest BCUT2D eigenvalue weighted by Crippen LogP contribution is 2.21. The van der Waals surface area contributed by atoms with Gasteiger partial charge in [-0.2, -0.15) is 5.10 Å². The summed E-state index contributed by atoms with van der Waals surface area (Å²) in [6.45, 7) is 8.57. The van der Waals surface area contributed by atoms with Crippen LogP contribution in [0.15, 0.2) is 12.3 Å². The molecule has 0 bridgehead atoms. The topological polar surface area (TPSA) is 38.1 Å². The molecule has 2 rings (SSSR count). The zero-order valence-electron chi connectivity index (χ0n) is 10.9. The predicted octanol–water partition coefficient (Wildman–Crippen LogP) is 1.70. The number of likely N-dealkylation sites (tertiary alicyclic amines) is 1. The van der Waals surface area contributed by atoms with Crippen molar-refractivity contribution >= 4 is 5.91 Å². The van der Waals surface area contributed by atoms with Crippen LogP contribution in [0.3, 0.4) is 0 Å². The average Bonchev–Trinajstić information content (AvgIpc) is 2.63. The molecule has 94 valence electrons. The number of piperidine rings is 1. The Bertz CT molecular complexity index is 389.